The van der Waals surface area contributed by atoms with E-state index in [1.165, 1.54) is 29.2 Å². The second-order valence-electron chi connectivity index (χ2n) is 7.71. The van der Waals surface area contributed by atoms with Gasteiger partial charge in [0.05, 0.1) is 11.9 Å². The molecule has 0 heterocycles. The van der Waals surface area contributed by atoms with E-state index >= 15 is 0 Å². The third kappa shape index (κ3) is 7.58. The molecule has 1 atom stereocenters. The smallest absolute Gasteiger partial charge is 0.242 e. The van der Waals surface area contributed by atoms with Gasteiger partial charge in [0.2, 0.25) is 21.8 Å². The molecule has 0 bridgehead atoms. The lowest BCUT2D eigenvalue weighted by atomic mass is 10.1. The molecule has 0 aromatic heterocycles. The fourth-order valence-electron chi connectivity index (χ4n) is 3.37. The molecule has 2 amide bonds. The fourth-order valence-corrected chi connectivity index (χ4v) is 4.85. The van der Waals surface area contributed by atoms with Gasteiger partial charge in [-0.2, -0.15) is 0 Å². The summed E-state index contributed by atoms with van der Waals surface area (Å²) in [5, 5.41) is 3.44. The number of nitrogens with zero attached hydrogens (tertiary/aromatic N) is 2. The first-order valence-electron chi connectivity index (χ1n) is 10.7. The Bertz CT molecular complexity index is 1090. The maximum absolute atomic E-state index is 13.3. The Kier molecular flexibility index (Phi) is 10.1. The van der Waals surface area contributed by atoms with Crippen LogP contribution in [0, 0.1) is 5.82 Å². The topological polar surface area (TPSA) is 86.8 Å². The molecule has 0 radical (unpaired) electrons. The predicted molar refractivity (Wildman–Crippen MR) is 133 cm³/mol. The molecule has 2 aromatic rings. The Morgan fingerprint density at radius 2 is 1.68 bits per heavy atom. The van der Waals surface area contributed by atoms with Crippen LogP contribution in [0.4, 0.5) is 10.1 Å². The van der Waals surface area contributed by atoms with Crippen LogP contribution in [0.2, 0.25) is 10.0 Å². The summed E-state index contributed by atoms with van der Waals surface area (Å²) in [4.78, 5) is 27.0. The van der Waals surface area contributed by atoms with Crippen LogP contribution in [0.5, 0.6) is 0 Å². The summed E-state index contributed by atoms with van der Waals surface area (Å²) >= 11 is 12.6. The SMILES string of the molecule is CCNC(=O)[C@@H](C)N(Cc1c(Cl)cccc1Cl)C(=O)CCCN(c1ccc(F)cc1)S(C)(=O)=O. The van der Waals surface area contributed by atoms with Gasteiger partial charge in [0.1, 0.15) is 11.9 Å². The van der Waals surface area contributed by atoms with Crippen molar-refractivity contribution in [2.45, 2.75) is 39.3 Å². The van der Waals surface area contributed by atoms with E-state index in [1.807, 2.05) is 0 Å². The number of rotatable bonds is 11. The normalized spacial score (nSPS) is 12.2. The Labute approximate surface area is 209 Å². The quantitative estimate of drug-likeness (QED) is 0.469. The number of nitrogens with one attached hydrogen (secondary N) is 1. The minimum Gasteiger partial charge on any atom is -0.355 e. The van der Waals surface area contributed by atoms with Gasteiger partial charge in [-0.05, 0) is 56.7 Å². The molecule has 2 rings (SSSR count). The number of anilines is 1. The summed E-state index contributed by atoms with van der Waals surface area (Å²) < 4.78 is 38.9. The van der Waals surface area contributed by atoms with E-state index in [2.05, 4.69) is 5.32 Å². The Balaban J connectivity index is 2.20. The fraction of sp³-hybridized carbons (Fsp3) is 0.391. The van der Waals surface area contributed by atoms with E-state index in [-0.39, 0.29) is 37.7 Å². The minimum absolute atomic E-state index is 0.00638. The van der Waals surface area contributed by atoms with Crippen LogP contribution in [0.25, 0.3) is 0 Å². The van der Waals surface area contributed by atoms with Crippen molar-refractivity contribution in [3.8, 4) is 0 Å². The number of hydrogen-bond donors (Lipinski definition) is 1. The molecule has 0 aliphatic rings. The maximum Gasteiger partial charge on any atom is 0.242 e. The van der Waals surface area contributed by atoms with Crippen LogP contribution >= 0.6 is 23.2 Å². The number of amides is 2. The highest BCUT2D eigenvalue weighted by Gasteiger charge is 2.27. The first-order valence-corrected chi connectivity index (χ1v) is 13.3. The zero-order chi connectivity index (χ0) is 25.5. The Hall–Kier alpha value is -2.36. The number of sulfonamides is 1. The Morgan fingerprint density at radius 1 is 1.09 bits per heavy atom. The summed E-state index contributed by atoms with van der Waals surface area (Å²) in [6, 6.07) is 9.24. The Morgan fingerprint density at radius 3 is 2.21 bits per heavy atom. The average molecular weight is 532 g/mol. The molecule has 1 N–H and O–H groups in total. The lowest BCUT2D eigenvalue weighted by Gasteiger charge is -2.30. The number of benzene rings is 2. The lowest BCUT2D eigenvalue weighted by molar-refractivity contribution is -0.140. The van der Waals surface area contributed by atoms with Gasteiger partial charge in [0, 0.05) is 41.7 Å². The largest absolute Gasteiger partial charge is 0.355 e. The van der Waals surface area contributed by atoms with E-state index in [4.69, 9.17) is 23.2 Å². The van der Waals surface area contributed by atoms with Gasteiger partial charge in [-0.1, -0.05) is 29.3 Å². The van der Waals surface area contributed by atoms with Crippen LogP contribution in [-0.4, -0.2) is 50.5 Å². The number of hydrogen-bond acceptors (Lipinski definition) is 4. The van der Waals surface area contributed by atoms with Crippen LogP contribution in [0.1, 0.15) is 32.3 Å². The van der Waals surface area contributed by atoms with Crippen molar-refractivity contribution >= 4 is 50.7 Å². The van der Waals surface area contributed by atoms with E-state index < -0.39 is 21.9 Å². The van der Waals surface area contributed by atoms with E-state index in [1.54, 1.807) is 32.0 Å². The molecule has 0 spiro atoms. The van der Waals surface area contributed by atoms with Gasteiger partial charge in [0.25, 0.3) is 0 Å². The second kappa shape index (κ2) is 12.4. The van der Waals surface area contributed by atoms with Crippen LogP contribution in [0.15, 0.2) is 42.5 Å². The summed E-state index contributed by atoms with van der Waals surface area (Å²) in [5.74, 6) is -1.18. The number of halogens is 3. The number of carbonyl (C=O) groups excluding carboxylic acids is 2. The van der Waals surface area contributed by atoms with Gasteiger partial charge >= 0.3 is 0 Å². The summed E-state index contributed by atoms with van der Waals surface area (Å²) in [5.41, 5.74) is 0.811. The predicted octanol–water partition coefficient (Wildman–Crippen LogP) is 4.23. The summed E-state index contributed by atoms with van der Waals surface area (Å²) in [7, 11) is -3.66. The monoisotopic (exact) mass is 531 g/mol. The molecule has 11 heteroatoms. The van der Waals surface area contributed by atoms with Crippen molar-refractivity contribution in [3.63, 3.8) is 0 Å². The molecule has 0 fully saturated rings. The van der Waals surface area contributed by atoms with Crippen LogP contribution < -0.4 is 9.62 Å². The van der Waals surface area contributed by atoms with Crippen LogP contribution in [-0.2, 0) is 26.2 Å². The highest BCUT2D eigenvalue weighted by atomic mass is 35.5. The summed E-state index contributed by atoms with van der Waals surface area (Å²) in [6.45, 7) is 3.81. The van der Waals surface area contributed by atoms with Gasteiger partial charge < -0.3 is 10.2 Å². The van der Waals surface area contributed by atoms with Gasteiger partial charge in [-0.3, -0.25) is 13.9 Å². The van der Waals surface area contributed by atoms with E-state index in [0.717, 1.165) is 10.6 Å². The zero-order valence-electron chi connectivity index (χ0n) is 19.2. The lowest BCUT2D eigenvalue weighted by Crippen LogP contribution is -2.47. The molecule has 0 aliphatic carbocycles. The molecule has 0 saturated carbocycles. The second-order valence-corrected chi connectivity index (χ2v) is 10.4. The zero-order valence-corrected chi connectivity index (χ0v) is 21.6. The van der Waals surface area contributed by atoms with Crippen molar-refractivity contribution in [2.24, 2.45) is 0 Å². The molecule has 0 aliphatic heterocycles. The number of likely N-dealkylation sites (N-methyl/N-ethyl adjacent to an activating group) is 1. The minimum atomic E-state index is -3.66. The molecule has 0 unspecified atom stereocenters. The van der Waals surface area contributed by atoms with Crippen LogP contribution in [0.3, 0.4) is 0 Å². The molecule has 7 nitrogen and oxygen atoms in total. The third-order valence-electron chi connectivity index (χ3n) is 5.18. The molecule has 0 saturated heterocycles. The highest BCUT2D eigenvalue weighted by Crippen LogP contribution is 2.27. The van der Waals surface area contributed by atoms with Crippen molar-refractivity contribution < 1.29 is 22.4 Å². The first-order chi connectivity index (χ1) is 16.0. The van der Waals surface area contributed by atoms with Crippen molar-refractivity contribution in [1.29, 1.82) is 0 Å². The standard InChI is InChI=1S/C23H28Cl2FN3O4S/c1-4-27-23(31)16(2)28(15-19-20(24)7-5-8-21(19)25)22(30)9-6-14-29(34(3,32)33)18-12-10-17(26)11-13-18/h5,7-8,10-13,16H,4,6,9,14-15H2,1-3H3,(H,27,31)/t16-/m1/s1. The van der Waals surface area contributed by atoms with E-state index in [0.29, 0.717) is 27.8 Å². The third-order valence-corrected chi connectivity index (χ3v) is 7.08. The van der Waals surface area contributed by atoms with Crippen molar-refractivity contribution in [2.75, 3.05) is 23.7 Å². The van der Waals surface area contributed by atoms with Gasteiger partial charge in [-0.25, -0.2) is 12.8 Å². The maximum atomic E-state index is 13.3. The van der Waals surface area contributed by atoms with E-state index in [9.17, 15) is 22.4 Å². The first kappa shape index (κ1) is 27.9. The molecule has 2 aromatic carbocycles. The van der Waals surface area contributed by atoms with Crippen molar-refractivity contribution in [1.82, 2.24) is 10.2 Å². The van der Waals surface area contributed by atoms with Crippen molar-refractivity contribution in [3.05, 3.63) is 63.9 Å². The highest BCUT2D eigenvalue weighted by molar-refractivity contribution is 7.92. The molecular weight excluding hydrogens is 504 g/mol. The van der Waals surface area contributed by atoms with Gasteiger partial charge in [-0.15, -0.1) is 0 Å². The average Bonchev–Trinajstić information content (AvgIpc) is 2.76. The summed E-state index contributed by atoms with van der Waals surface area (Å²) in [6.07, 6.45) is 1.19. The molecule has 34 heavy (non-hydrogen) atoms. The molecule has 186 valence electrons. The van der Waals surface area contributed by atoms with Gasteiger partial charge in [0.15, 0.2) is 0 Å². The molecular formula is C23H28Cl2FN3O4S. The number of carbonyl (C=O) groups is 2.